The number of aryl methyl sites for hydroxylation is 2. The van der Waals surface area contributed by atoms with Gasteiger partial charge in [-0.15, -0.1) is 0 Å². The first-order valence-electron chi connectivity index (χ1n) is 11.3. The van der Waals surface area contributed by atoms with Crippen molar-refractivity contribution >= 4 is 22.4 Å². The van der Waals surface area contributed by atoms with Crippen LogP contribution in [0.15, 0.2) is 67.9 Å². The third kappa shape index (κ3) is 3.51. The lowest BCUT2D eigenvalue weighted by molar-refractivity contribution is 0.912. The number of aromatic nitrogens is 6. The second-order valence-corrected chi connectivity index (χ2v) is 8.56. The highest BCUT2D eigenvalue weighted by molar-refractivity contribution is 5.91. The van der Waals surface area contributed by atoms with Crippen LogP contribution in [0.4, 0.5) is 5.69 Å². The minimum Gasteiger partial charge on any atom is -0.353 e. The number of nitrogens with one attached hydrogen (secondary N) is 2. The van der Waals surface area contributed by atoms with E-state index in [2.05, 4.69) is 62.2 Å². The van der Waals surface area contributed by atoms with Gasteiger partial charge in [0.15, 0.2) is 0 Å². The number of anilines is 1. The van der Waals surface area contributed by atoms with Crippen molar-refractivity contribution in [3.8, 4) is 22.5 Å². The molecule has 1 aliphatic carbocycles. The van der Waals surface area contributed by atoms with E-state index < -0.39 is 0 Å². The van der Waals surface area contributed by atoms with Gasteiger partial charge < -0.3 is 5.32 Å². The van der Waals surface area contributed by atoms with Gasteiger partial charge in [0, 0.05) is 24.2 Å². The molecule has 4 aromatic heterocycles. The average Bonchev–Trinajstić information content (AvgIpc) is 3.52. The van der Waals surface area contributed by atoms with Crippen LogP contribution >= 0.6 is 0 Å². The zero-order valence-corrected chi connectivity index (χ0v) is 18.8. The van der Waals surface area contributed by atoms with Crippen molar-refractivity contribution in [3.05, 3.63) is 90.3 Å². The molecule has 2 N–H and O–H groups in total. The van der Waals surface area contributed by atoms with Crippen molar-refractivity contribution < 1.29 is 0 Å². The highest BCUT2D eigenvalue weighted by Gasteiger charge is 2.16. The first kappa shape index (κ1) is 20.2. The van der Waals surface area contributed by atoms with Crippen LogP contribution < -0.4 is 5.32 Å². The first-order chi connectivity index (χ1) is 16.7. The molecule has 0 saturated carbocycles. The summed E-state index contributed by atoms with van der Waals surface area (Å²) < 4.78 is 0. The molecule has 1 aromatic carbocycles. The van der Waals surface area contributed by atoms with Gasteiger partial charge in [0.05, 0.1) is 35.0 Å². The zero-order valence-electron chi connectivity index (χ0n) is 18.8. The Kier molecular flexibility index (Phi) is 4.87. The van der Waals surface area contributed by atoms with Gasteiger partial charge in [0.25, 0.3) is 0 Å². The summed E-state index contributed by atoms with van der Waals surface area (Å²) >= 11 is 0. The number of rotatable bonds is 5. The Morgan fingerprint density at radius 3 is 2.76 bits per heavy atom. The van der Waals surface area contributed by atoms with Crippen LogP contribution in [-0.4, -0.2) is 30.1 Å². The van der Waals surface area contributed by atoms with Crippen molar-refractivity contribution in [2.24, 2.45) is 0 Å². The number of aromatic amines is 1. The molecular formula is C27H23N7. The number of hydrogen-bond acceptors (Lipinski definition) is 6. The van der Waals surface area contributed by atoms with Gasteiger partial charge in [-0.25, -0.2) is 4.98 Å². The highest BCUT2D eigenvalue weighted by atomic mass is 15.1. The molecule has 0 fully saturated rings. The summed E-state index contributed by atoms with van der Waals surface area (Å²) in [6.07, 6.45) is 12.3. The predicted molar refractivity (Wildman–Crippen MR) is 134 cm³/mol. The van der Waals surface area contributed by atoms with Gasteiger partial charge >= 0.3 is 0 Å². The normalized spacial score (nSPS) is 12.6. The molecule has 7 heteroatoms. The molecule has 5 aromatic rings. The van der Waals surface area contributed by atoms with Crippen LogP contribution in [0.2, 0.25) is 0 Å². The Bertz CT molecular complexity index is 1540. The van der Waals surface area contributed by atoms with E-state index in [9.17, 15) is 0 Å². The van der Waals surface area contributed by atoms with Gasteiger partial charge in [-0.05, 0) is 60.6 Å². The molecule has 0 atom stereocenters. The van der Waals surface area contributed by atoms with Crippen LogP contribution in [-0.2, 0) is 12.8 Å². The van der Waals surface area contributed by atoms with Gasteiger partial charge in [-0.2, -0.15) is 5.10 Å². The van der Waals surface area contributed by atoms with Crippen molar-refractivity contribution in [2.75, 3.05) is 5.32 Å². The molecule has 0 unspecified atom stereocenters. The number of nitrogens with zero attached hydrogens (tertiary/aromatic N) is 5. The summed E-state index contributed by atoms with van der Waals surface area (Å²) in [4.78, 5) is 17.8. The van der Waals surface area contributed by atoms with E-state index in [4.69, 9.17) is 4.98 Å². The van der Waals surface area contributed by atoms with Crippen LogP contribution in [0, 0.1) is 6.92 Å². The van der Waals surface area contributed by atoms with E-state index in [1.54, 1.807) is 18.6 Å². The third-order valence-corrected chi connectivity index (χ3v) is 6.43. The summed E-state index contributed by atoms with van der Waals surface area (Å²) in [5, 5.41) is 10.9. The summed E-state index contributed by atoms with van der Waals surface area (Å²) in [6, 6.07) is 10.6. The largest absolute Gasteiger partial charge is 0.353 e. The topological polar surface area (TPSA) is 92.3 Å². The molecule has 4 heterocycles. The molecular weight excluding hydrogens is 422 g/mol. The van der Waals surface area contributed by atoms with Crippen molar-refractivity contribution in [3.63, 3.8) is 0 Å². The quantitative estimate of drug-likeness (QED) is 0.379. The van der Waals surface area contributed by atoms with Gasteiger partial charge in [0.2, 0.25) is 0 Å². The molecule has 6 rings (SSSR count). The standard InChI is InChI=1S/C27H23N7/c1-16-21(20-7-6-18-4-3-5-19(18)12-20)13-29-14-24(16)31-17(2)26-27-23(33-34-26)9-8-22(32-27)25-15-28-10-11-30-25/h6-15,31H,2-5H2,1H3,(H,33,34). The monoisotopic (exact) mass is 445 g/mol. The molecule has 7 nitrogen and oxygen atoms in total. The van der Waals surface area contributed by atoms with E-state index in [1.165, 1.54) is 29.5 Å². The number of benzene rings is 1. The Hall–Kier alpha value is -4.39. The van der Waals surface area contributed by atoms with Crippen molar-refractivity contribution in [1.29, 1.82) is 0 Å². The first-order valence-corrected chi connectivity index (χ1v) is 11.3. The summed E-state index contributed by atoms with van der Waals surface area (Å²) in [7, 11) is 0. The molecule has 0 aliphatic heterocycles. The number of hydrogen-bond donors (Lipinski definition) is 2. The Morgan fingerprint density at radius 2 is 1.88 bits per heavy atom. The molecule has 0 spiro atoms. The molecule has 34 heavy (non-hydrogen) atoms. The van der Waals surface area contributed by atoms with Gasteiger partial charge in [0.1, 0.15) is 16.9 Å². The van der Waals surface area contributed by atoms with Gasteiger partial charge in [-0.3, -0.25) is 20.1 Å². The van der Waals surface area contributed by atoms with Crippen LogP contribution in [0.1, 0.15) is 28.8 Å². The van der Waals surface area contributed by atoms with Crippen molar-refractivity contribution in [1.82, 2.24) is 30.1 Å². The van der Waals surface area contributed by atoms with Crippen molar-refractivity contribution in [2.45, 2.75) is 26.2 Å². The number of H-pyrrole nitrogens is 1. The highest BCUT2D eigenvalue weighted by Crippen LogP contribution is 2.33. The lowest BCUT2D eigenvalue weighted by Gasteiger charge is -2.14. The van der Waals surface area contributed by atoms with Gasteiger partial charge in [-0.1, -0.05) is 24.8 Å². The minimum atomic E-state index is 0.644. The molecule has 0 bridgehead atoms. The van der Waals surface area contributed by atoms with Crippen LogP contribution in [0.3, 0.4) is 0 Å². The molecule has 0 radical (unpaired) electrons. The van der Waals surface area contributed by atoms with E-state index in [-0.39, 0.29) is 0 Å². The van der Waals surface area contributed by atoms with E-state index >= 15 is 0 Å². The second kappa shape index (κ2) is 8.19. The second-order valence-electron chi connectivity index (χ2n) is 8.56. The summed E-state index contributed by atoms with van der Waals surface area (Å²) in [6.45, 7) is 6.35. The fourth-order valence-electron chi connectivity index (χ4n) is 4.59. The average molecular weight is 446 g/mol. The number of pyridine rings is 2. The fraction of sp³-hybridized carbons (Fsp3) is 0.148. The summed E-state index contributed by atoms with van der Waals surface area (Å²) in [5.74, 6) is 0. The smallest absolute Gasteiger partial charge is 0.134 e. The van der Waals surface area contributed by atoms with E-state index in [0.717, 1.165) is 40.0 Å². The molecule has 0 amide bonds. The Morgan fingerprint density at radius 1 is 0.971 bits per heavy atom. The maximum atomic E-state index is 4.78. The molecule has 0 saturated heterocycles. The zero-order chi connectivity index (χ0) is 23.1. The fourth-order valence-corrected chi connectivity index (χ4v) is 4.59. The lowest BCUT2D eigenvalue weighted by Crippen LogP contribution is -2.02. The Labute approximate surface area is 197 Å². The predicted octanol–water partition coefficient (Wildman–Crippen LogP) is 5.36. The number of fused-ring (bicyclic) bond motifs is 2. The maximum Gasteiger partial charge on any atom is 0.134 e. The Balaban J connectivity index is 1.32. The van der Waals surface area contributed by atoms with E-state index in [0.29, 0.717) is 17.1 Å². The minimum absolute atomic E-state index is 0.644. The van der Waals surface area contributed by atoms with E-state index in [1.807, 2.05) is 24.5 Å². The van der Waals surface area contributed by atoms with Crippen LogP contribution in [0.5, 0.6) is 0 Å². The molecule has 1 aliphatic rings. The van der Waals surface area contributed by atoms with Crippen LogP contribution in [0.25, 0.3) is 39.2 Å². The molecule has 166 valence electrons. The maximum absolute atomic E-state index is 4.78. The lowest BCUT2D eigenvalue weighted by atomic mass is 9.98. The SMILES string of the molecule is C=C(Nc1cncc(-c2ccc3c(c2)CCC3)c1C)c1n[nH]c2ccc(-c3cnccn3)nc12. The summed E-state index contributed by atoms with van der Waals surface area (Å²) in [5.41, 5.74) is 11.5. The third-order valence-electron chi connectivity index (χ3n) is 6.43.